The van der Waals surface area contributed by atoms with Crippen molar-refractivity contribution in [1.82, 2.24) is 0 Å². The number of halogens is 3. The molecule has 0 aliphatic rings. The van der Waals surface area contributed by atoms with E-state index in [1.807, 2.05) is 43.3 Å². The first kappa shape index (κ1) is 23.1. The molecule has 0 nitrogen and oxygen atoms in total. The van der Waals surface area contributed by atoms with E-state index in [9.17, 15) is 13.2 Å². The van der Waals surface area contributed by atoms with Crippen LogP contribution in [-0.2, 0) is 25.7 Å². The standard InChI is InChI=1S/C28H31F3/c1-3-5-9-24-17-18-25(28(31)27(24)30)22-14-11-20(12-15-22)8-6-10-23-16-13-21(7-4-2)19-26(23)29/h11-19H,3-10H2,1-2H3. The molecule has 3 heteroatoms. The summed E-state index contributed by atoms with van der Waals surface area (Å²) in [6, 6.07) is 16.5. The third kappa shape index (κ3) is 6.00. The summed E-state index contributed by atoms with van der Waals surface area (Å²) in [4.78, 5) is 0. The van der Waals surface area contributed by atoms with Crippen LogP contribution in [0.4, 0.5) is 13.2 Å². The van der Waals surface area contributed by atoms with Gasteiger partial charge in [0.05, 0.1) is 0 Å². The van der Waals surface area contributed by atoms with Gasteiger partial charge in [-0.3, -0.25) is 0 Å². The second-order valence-electron chi connectivity index (χ2n) is 8.23. The summed E-state index contributed by atoms with van der Waals surface area (Å²) in [5, 5.41) is 0. The molecule has 0 aliphatic heterocycles. The van der Waals surface area contributed by atoms with E-state index < -0.39 is 11.6 Å². The van der Waals surface area contributed by atoms with E-state index in [1.165, 1.54) is 0 Å². The first-order valence-corrected chi connectivity index (χ1v) is 11.4. The van der Waals surface area contributed by atoms with Gasteiger partial charge in [0.15, 0.2) is 11.6 Å². The molecule has 164 valence electrons. The van der Waals surface area contributed by atoms with Gasteiger partial charge in [-0.05, 0) is 72.4 Å². The minimum atomic E-state index is -0.775. The van der Waals surface area contributed by atoms with Crippen molar-refractivity contribution in [2.24, 2.45) is 0 Å². The van der Waals surface area contributed by atoms with Crippen LogP contribution in [0.2, 0.25) is 0 Å². The highest BCUT2D eigenvalue weighted by Crippen LogP contribution is 2.28. The van der Waals surface area contributed by atoms with Gasteiger partial charge in [0, 0.05) is 5.56 Å². The minimum Gasteiger partial charge on any atom is -0.207 e. The highest BCUT2D eigenvalue weighted by atomic mass is 19.2. The largest absolute Gasteiger partial charge is 0.207 e. The molecule has 3 aromatic carbocycles. The van der Waals surface area contributed by atoms with Crippen LogP contribution in [0.3, 0.4) is 0 Å². The summed E-state index contributed by atoms with van der Waals surface area (Å²) in [5.41, 5.74) is 4.29. The van der Waals surface area contributed by atoms with E-state index >= 15 is 0 Å². The number of hydrogen-bond donors (Lipinski definition) is 0. The third-order valence-corrected chi connectivity index (χ3v) is 5.79. The van der Waals surface area contributed by atoms with Crippen molar-refractivity contribution in [2.45, 2.75) is 65.2 Å². The number of unbranched alkanes of at least 4 members (excludes halogenated alkanes) is 1. The monoisotopic (exact) mass is 424 g/mol. The maximum atomic E-state index is 14.6. The van der Waals surface area contributed by atoms with Gasteiger partial charge in [0.25, 0.3) is 0 Å². The van der Waals surface area contributed by atoms with Gasteiger partial charge in [0.1, 0.15) is 5.82 Å². The summed E-state index contributed by atoms with van der Waals surface area (Å²) in [6.45, 7) is 4.12. The molecule has 0 aliphatic carbocycles. The van der Waals surface area contributed by atoms with Crippen molar-refractivity contribution in [3.05, 3.63) is 94.3 Å². The Hall–Kier alpha value is -2.55. The Kier molecular flexibility index (Phi) is 8.34. The maximum Gasteiger partial charge on any atom is 0.166 e. The lowest BCUT2D eigenvalue weighted by molar-refractivity contribution is 0.499. The summed E-state index contributed by atoms with van der Waals surface area (Å²) in [6.07, 6.45) is 6.57. The Morgan fingerprint density at radius 3 is 1.94 bits per heavy atom. The zero-order chi connectivity index (χ0) is 22.2. The van der Waals surface area contributed by atoms with Crippen LogP contribution >= 0.6 is 0 Å². The first-order chi connectivity index (χ1) is 15.0. The van der Waals surface area contributed by atoms with Crippen molar-refractivity contribution in [3.63, 3.8) is 0 Å². The fourth-order valence-electron chi connectivity index (χ4n) is 3.94. The molecule has 0 heterocycles. The van der Waals surface area contributed by atoms with Crippen LogP contribution in [0.25, 0.3) is 11.1 Å². The Balaban J connectivity index is 1.61. The lowest BCUT2D eigenvalue weighted by Gasteiger charge is -2.10. The molecule has 0 fully saturated rings. The van der Waals surface area contributed by atoms with Crippen LogP contribution in [0.1, 0.15) is 61.8 Å². The van der Waals surface area contributed by atoms with Crippen LogP contribution in [0.5, 0.6) is 0 Å². The lowest BCUT2D eigenvalue weighted by atomic mass is 9.97. The molecule has 0 atom stereocenters. The predicted molar refractivity (Wildman–Crippen MR) is 123 cm³/mol. The topological polar surface area (TPSA) is 0 Å². The van der Waals surface area contributed by atoms with E-state index in [0.29, 0.717) is 29.5 Å². The minimum absolute atomic E-state index is 0.124. The molecule has 0 radical (unpaired) electrons. The van der Waals surface area contributed by atoms with Crippen molar-refractivity contribution >= 4 is 0 Å². The quantitative estimate of drug-likeness (QED) is 0.307. The molecule has 0 saturated heterocycles. The molecule has 31 heavy (non-hydrogen) atoms. The van der Waals surface area contributed by atoms with Crippen molar-refractivity contribution in [1.29, 1.82) is 0 Å². The molecule has 0 saturated carbocycles. The molecular formula is C28H31F3. The zero-order valence-corrected chi connectivity index (χ0v) is 18.5. The normalized spacial score (nSPS) is 11.1. The second-order valence-corrected chi connectivity index (χ2v) is 8.23. The van der Waals surface area contributed by atoms with Crippen molar-refractivity contribution in [3.8, 4) is 11.1 Å². The molecule has 0 bridgehead atoms. The fraction of sp³-hybridized carbons (Fsp3) is 0.357. The fourth-order valence-corrected chi connectivity index (χ4v) is 3.94. The summed E-state index contributed by atoms with van der Waals surface area (Å²) in [5.74, 6) is -1.63. The van der Waals surface area contributed by atoms with E-state index in [2.05, 4.69) is 6.92 Å². The number of rotatable bonds is 10. The Labute approximate surface area is 184 Å². The predicted octanol–water partition coefficient (Wildman–Crippen LogP) is 8.24. The molecule has 0 N–H and O–H groups in total. The van der Waals surface area contributed by atoms with Crippen LogP contribution in [0.15, 0.2) is 54.6 Å². The summed E-state index contributed by atoms with van der Waals surface area (Å²) >= 11 is 0. The van der Waals surface area contributed by atoms with E-state index in [4.69, 9.17) is 0 Å². The average molecular weight is 425 g/mol. The van der Waals surface area contributed by atoms with Crippen molar-refractivity contribution in [2.75, 3.05) is 0 Å². The van der Waals surface area contributed by atoms with E-state index in [1.54, 1.807) is 18.2 Å². The number of aryl methyl sites for hydroxylation is 4. The van der Waals surface area contributed by atoms with Gasteiger partial charge in [-0.25, -0.2) is 13.2 Å². The molecule has 0 aromatic heterocycles. The smallest absolute Gasteiger partial charge is 0.166 e. The average Bonchev–Trinajstić information content (AvgIpc) is 2.77. The third-order valence-electron chi connectivity index (χ3n) is 5.79. The van der Waals surface area contributed by atoms with Gasteiger partial charge in [-0.15, -0.1) is 0 Å². The van der Waals surface area contributed by atoms with Gasteiger partial charge >= 0.3 is 0 Å². The Morgan fingerprint density at radius 2 is 1.26 bits per heavy atom. The highest BCUT2D eigenvalue weighted by molar-refractivity contribution is 5.65. The second kappa shape index (κ2) is 11.2. The molecule has 0 unspecified atom stereocenters. The number of hydrogen-bond acceptors (Lipinski definition) is 0. The zero-order valence-electron chi connectivity index (χ0n) is 18.5. The van der Waals surface area contributed by atoms with Gasteiger partial charge in [0.2, 0.25) is 0 Å². The van der Waals surface area contributed by atoms with Crippen LogP contribution < -0.4 is 0 Å². The first-order valence-electron chi connectivity index (χ1n) is 11.4. The molecular weight excluding hydrogens is 393 g/mol. The van der Waals surface area contributed by atoms with Crippen LogP contribution in [-0.4, -0.2) is 0 Å². The molecule has 3 aromatic rings. The Morgan fingerprint density at radius 1 is 0.581 bits per heavy atom. The SMILES string of the molecule is CCCCc1ccc(-c2ccc(CCCc3ccc(CCC)cc3F)cc2)c(F)c1F. The molecule has 3 rings (SSSR count). The highest BCUT2D eigenvalue weighted by Gasteiger charge is 2.14. The molecule has 0 spiro atoms. The van der Waals surface area contributed by atoms with E-state index in [-0.39, 0.29) is 5.82 Å². The van der Waals surface area contributed by atoms with Gasteiger partial charge in [-0.1, -0.05) is 75.2 Å². The van der Waals surface area contributed by atoms with Crippen molar-refractivity contribution < 1.29 is 13.2 Å². The molecule has 0 amide bonds. The summed E-state index contributed by atoms with van der Waals surface area (Å²) in [7, 11) is 0. The Bertz CT molecular complexity index is 990. The number of benzene rings is 3. The summed E-state index contributed by atoms with van der Waals surface area (Å²) < 4.78 is 43.2. The maximum absolute atomic E-state index is 14.6. The van der Waals surface area contributed by atoms with Gasteiger partial charge in [-0.2, -0.15) is 0 Å². The van der Waals surface area contributed by atoms with Gasteiger partial charge < -0.3 is 0 Å². The lowest BCUT2D eigenvalue weighted by Crippen LogP contribution is -1.98. The van der Waals surface area contributed by atoms with E-state index in [0.717, 1.165) is 55.2 Å². The van der Waals surface area contributed by atoms with Crippen LogP contribution in [0, 0.1) is 17.5 Å².